The van der Waals surface area contributed by atoms with E-state index in [-0.39, 0.29) is 24.5 Å². The van der Waals surface area contributed by atoms with Gasteiger partial charge in [0, 0.05) is 6.54 Å². The molecule has 0 bridgehead atoms. The second kappa shape index (κ2) is 8.36. The predicted molar refractivity (Wildman–Crippen MR) is 101 cm³/mol. The van der Waals surface area contributed by atoms with E-state index in [1.807, 2.05) is 0 Å². The van der Waals surface area contributed by atoms with Gasteiger partial charge >= 0.3 is 18.0 Å². The average Bonchev–Trinajstić information content (AvgIpc) is 3.37. The molecule has 0 unspecified atom stereocenters. The van der Waals surface area contributed by atoms with E-state index in [4.69, 9.17) is 4.52 Å². The first-order valence-electron chi connectivity index (χ1n) is 9.22. The number of carbonyl (C=O) groups is 1. The van der Waals surface area contributed by atoms with Crippen LogP contribution in [0.4, 0.5) is 22.0 Å². The van der Waals surface area contributed by atoms with Crippen molar-refractivity contribution in [3.05, 3.63) is 77.2 Å². The Labute approximate surface area is 176 Å². The van der Waals surface area contributed by atoms with Gasteiger partial charge in [-0.05, 0) is 29.8 Å². The number of rotatable bonds is 6. The Bertz CT molecular complexity index is 1260. The van der Waals surface area contributed by atoms with E-state index in [0.29, 0.717) is 11.0 Å². The van der Waals surface area contributed by atoms with Crippen LogP contribution in [-0.2, 0) is 19.3 Å². The monoisotopic (exact) mass is 451 g/mol. The van der Waals surface area contributed by atoms with Crippen LogP contribution in [0.25, 0.3) is 11.0 Å². The van der Waals surface area contributed by atoms with Crippen LogP contribution >= 0.6 is 0 Å². The number of alkyl halides is 5. The second-order valence-corrected chi connectivity index (χ2v) is 6.74. The highest BCUT2D eigenvalue weighted by molar-refractivity contribution is 5.89. The van der Waals surface area contributed by atoms with Crippen LogP contribution in [0.5, 0.6) is 0 Å². The van der Waals surface area contributed by atoms with Gasteiger partial charge < -0.3 is 14.4 Å². The Morgan fingerprint density at radius 1 is 1.09 bits per heavy atom. The standard InChI is InChI=1S/C20H14F5N5O2/c21-16(22)17-27-13-6-1-2-7-14(13)30(17)10-15-28-19(32-29-15)18(31)26-9-11-4-3-5-12(8-11)20(23,24)25/h1-8,16H,9-10H2,(H,26,31). The number of nitrogens with zero attached hydrogens (tertiary/aromatic N) is 4. The molecule has 166 valence electrons. The summed E-state index contributed by atoms with van der Waals surface area (Å²) in [7, 11) is 0. The molecule has 12 heteroatoms. The lowest BCUT2D eigenvalue weighted by Gasteiger charge is -2.08. The van der Waals surface area contributed by atoms with Crippen molar-refractivity contribution in [3.8, 4) is 0 Å². The molecule has 0 saturated heterocycles. The number of imidazole rings is 1. The van der Waals surface area contributed by atoms with Gasteiger partial charge in [-0.2, -0.15) is 18.2 Å². The largest absolute Gasteiger partial charge is 0.416 e. The topological polar surface area (TPSA) is 85.8 Å². The van der Waals surface area contributed by atoms with Crippen molar-refractivity contribution < 1.29 is 31.3 Å². The lowest BCUT2D eigenvalue weighted by atomic mass is 10.1. The summed E-state index contributed by atoms with van der Waals surface area (Å²) in [6, 6.07) is 11.0. The molecular formula is C20H14F5N5O2. The fraction of sp³-hybridized carbons (Fsp3) is 0.200. The van der Waals surface area contributed by atoms with Gasteiger partial charge in [0.15, 0.2) is 11.6 Å². The molecule has 7 nitrogen and oxygen atoms in total. The number of benzene rings is 2. The Morgan fingerprint density at radius 2 is 1.88 bits per heavy atom. The minimum Gasteiger partial charge on any atom is -0.344 e. The highest BCUT2D eigenvalue weighted by Crippen LogP contribution is 2.29. The number of halogens is 5. The van der Waals surface area contributed by atoms with Crippen molar-refractivity contribution in [2.24, 2.45) is 0 Å². The van der Waals surface area contributed by atoms with Gasteiger partial charge in [0.05, 0.1) is 23.1 Å². The minimum atomic E-state index is -4.50. The third-order valence-electron chi connectivity index (χ3n) is 4.55. The lowest BCUT2D eigenvalue weighted by molar-refractivity contribution is -0.137. The summed E-state index contributed by atoms with van der Waals surface area (Å²) in [6.07, 6.45) is -7.35. The minimum absolute atomic E-state index is 0.0423. The third-order valence-corrected chi connectivity index (χ3v) is 4.55. The lowest BCUT2D eigenvalue weighted by Crippen LogP contribution is -2.23. The first kappa shape index (κ1) is 21.4. The molecule has 0 aliphatic rings. The highest BCUT2D eigenvalue weighted by atomic mass is 19.4. The fourth-order valence-electron chi connectivity index (χ4n) is 3.09. The molecule has 0 fully saturated rings. The molecule has 0 spiro atoms. The number of para-hydroxylation sites is 2. The normalized spacial score (nSPS) is 11.9. The van der Waals surface area contributed by atoms with Crippen molar-refractivity contribution >= 4 is 16.9 Å². The van der Waals surface area contributed by atoms with Crippen LogP contribution in [0.2, 0.25) is 0 Å². The highest BCUT2D eigenvalue weighted by Gasteiger charge is 2.30. The van der Waals surface area contributed by atoms with Gasteiger partial charge in [-0.15, -0.1) is 0 Å². The van der Waals surface area contributed by atoms with E-state index in [1.165, 1.54) is 16.7 Å². The van der Waals surface area contributed by atoms with Crippen molar-refractivity contribution in [2.45, 2.75) is 25.7 Å². The van der Waals surface area contributed by atoms with Gasteiger partial charge in [0.2, 0.25) is 0 Å². The zero-order valence-corrected chi connectivity index (χ0v) is 16.1. The van der Waals surface area contributed by atoms with Gasteiger partial charge in [-0.25, -0.2) is 13.8 Å². The van der Waals surface area contributed by atoms with E-state index in [0.717, 1.165) is 12.1 Å². The van der Waals surface area contributed by atoms with Crippen molar-refractivity contribution in [1.29, 1.82) is 0 Å². The van der Waals surface area contributed by atoms with E-state index in [9.17, 15) is 26.7 Å². The molecular weight excluding hydrogens is 437 g/mol. The Hall–Kier alpha value is -3.83. The molecule has 32 heavy (non-hydrogen) atoms. The molecule has 4 aromatic rings. The number of hydrogen-bond acceptors (Lipinski definition) is 5. The maximum atomic E-state index is 13.4. The average molecular weight is 451 g/mol. The van der Waals surface area contributed by atoms with E-state index in [1.54, 1.807) is 24.3 Å². The second-order valence-electron chi connectivity index (χ2n) is 6.74. The molecule has 0 saturated carbocycles. The van der Waals surface area contributed by atoms with Crippen molar-refractivity contribution in [3.63, 3.8) is 0 Å². The summed E-state index contributed by atoms with van der Waals surface area (Å²) in [4.78, 5) is 20.0. The predicted octanol–water partition coefficient (Wildman–Crippen LogP) is 4.35. The summed E-state index contributed by atoms with van der Waals surface area (Å²) in [5.41, 5.74) is 0.180. The van der Waals surface area contributed by atoms with Crippen molar-refractivity contribution in [2.75, 3.05) is 0 Å². The summed E-state index contributed by atoms with van der Waals surface area (Å²) in [5.74, 6) is -1.79. The SMILES string of the molecule is O=C(NCc1cccc(C(F)(F)F)c1)c1nc(Cn2c(C(F)F)nc3ccccc32)no1. The Balaban J connectivity index is 1.47. The molecule has 4 rings (SSSR count). The molecule has 0 atom stereocenters. The Kier molecular flexibility index (Phi) is 5.59. The first-order chi connectivity index (χ1) is 15.2. The van der Waals surface area contributed by atoms with Gasteiger partial charge in [0.25, 0.3) is 6.43 Å². The van der Waals surface area contributed by atoms with E-state index in [2.05, 4.69) is 20.4 Å². The zero-order valence-electron chi connectivity index (χ0n) is 16.1. The Morgan fingerprint density at radius 3 is 2.62 bits per heavy atom. The van der Waals surface area contributed by atoms with E-state index >= 15 is 0 Å². The molecule has 0 aliphatic carbocycles. The summed E-state index contributed by atoms with van der Waals surface area (Å²) in [5, 5.41) is 6.02. The van der Waals surface area contributed by atoms with Gasteiger partial charge in [0.1, 0.15) is 0 Å². The fourth-order valence-corrected chi connectivity index (χ4v) is 3.09. The molecule has 0 aliphatic heterocycles. The summed E-state index contributed by atoms with van der Waals surface area (Å²) < 4.78 is 71.2. The summed E-state index contributed by atoms with van der Waals surface area (Å²) in [6.45, 7) is -0.424. The van der Waals surface area contributed by atoms with Gasteiger partial charge in [-0.1, -0.05) is 29.4 Å². The number of carbonyl (C=O) groups excluding carboxylic acids is 1. The number of amides is 1. The van der Waals surface area contributed by atoms with Crippen LogP contribution in [0, 0.1) is 0 Å². The van der Waals surface area contributed by atoms with Gasteiger partial charge in [-0.3, -0.25) is 4.79 Å². The quantitative estimate of drug-likeness (QED) is 0.441. The van der Waals surface area contributed by atoms with Crippen LogP contribution in [0.3, 0.4) is 0 Å². The maximum Gasteiger partial charge on any atom is 0.416 e. The third kappa shape index (κ3) is 4.43. The van der Waals surface area contributed by atoms with Crippen LogP contribution in [0.15, 0.2) is 53.1 Å². The molecule has 2 aromatic heterocycles. The zero-order chi connectivity index (χ0) is 22.9. The number of hydrogen-bond donors (Lipinski definition) is 1. The summed E-state index contributed by atoms with van der Waals surface area (Å²) >= 11 is 0. The molecule has 1 N–H and O–H groups in total. The van der Waals surface area contributed by atoms with Crippen LogP contribution < -0.4 is 5.32 Å². The maximum absolute atomic E-state index is 13.4. The van der Waals surface area contributed by atoms with Crippen LogP contribution in [-0.4, -0.2) is 25.6 Å². The molecule has 1 amide bonds. The first-order valence-corrected chi connectivity index (χ1v) is 9.22. The van der Waals surface area contributed by atoms with Crippen LogP contribution in [0.1, 0.15) is 39.9 Å². The smallest absolute Gasteiger partial charge is 0.344 e. The van der Waals surface area contributed by atoms with E-state index < -0.39 is 35.8 Å². The van der Waals surface area contributed by atoms with Crippen molar-refractivity contribution in [1.82, 2.24) is 25.0 Å². The molecule has 0 radical (unpaired) electrons. The molecule has 2 aromatic carbocycles. The number of nitrogens with one attached hydrogen (secondary N) is 1. The molecule has 2 heterocycles. The number of aromatic nitrogens is 4. The number of fused-ring (bicyclic) bond motifs is 1.